The molecule has 0 aliphatic carbocycles. The number of unbranched alkanes of at least 4 members (excludes halogenated alkanes) is 1. The number of carbonyl (C=O) groups excluding carboxylic acids is 1. The molecule has 2 rings (SSSR count). The van der Waals surface area contributed by atoms with Crippen molar-refractivity contribution in [1.82, 2.24) is 4.90 Å². The van der Waals surface area contributed by atoms with Gasteiger partial charge >= 0.3 is 0 Å². The lowest BCUT2D eigenvalue weighted by atomic mass is 10.1. The molecule has 0 fully saturated rings. The minimum atomic E-state index is -3.76. The number of hydrogen-bond donors (Lipinski definition) is 1. The Hall–Kier alpha value is -2.34. The summed E-state index contributed by atoms with van der Waals surface area (Å²) in [6, 6.07) is 11.5. The summed E-state index contributed by atoms with van der Waals surface area (Å²) >= 11 is 0. The quantitative estimate of drug-likeness (QED) is 0.797. The van der Waals surface area contributed by atoms with E-state index < -0.39 is 10.0 Å². The summed E-state index contributed by atoms with van der Waals surface area (Å²) in [7, 11) is -2.03. The van der Waals surface area contributed by atoms with Crippen molar-refractivity contribution in [1.29, 1.82) is 0 Å². The van der Waals surface area contributed by atoms with E-state index in [4.69, 9.17) is 0 Å². The maximum atomic E-state index is 12.7. The van der Waals surface area contributed by atoms with Crippen LogP contribution < -0.4 is 4.72 Å². The van der Waals surface area contributed by atoms with Gasteiger partial charge in [0.1, 0.15) is 0 Å². The largest absolute Gasteiger partial charge is 0.342 e. The number of carbonyl (C=O) groups is 1. The second-order valence-corrected chi connectivity index (χ2v) is 8.20. The molecule has 0 radical (unpaired) electrons. The summed E-state index contributed by atoms with van der Waals surface area (Å²) in [5, 5.41) is 0. The summed E-state index contributed by atoms with van der Waals surface area (Å²) in [4.78, 5) is 14.2. The van der Waals surface area contributed by atoms with Gasteiger partial charge in [-0.2, -0.15) is 0 Å². The molecule has 1 amide bonds. The fourth-order valence-electron chi connectivity index (χ4n) is 2.53. The Morgan fingerprint density at radius 3 is 2.46 bits per heavy atom. The van der Waals surface area contributed by atoms with Gasteiger partial charge in [0.05, 0.1) is 4.90 Å². The molecule has 0 aliphatic rings. The van der Waals surface area contributed by atoms with E-state index in [0.29, 0.717) is 17.8 Å². The van der Waals surface area contributed by atoms with Crippen molar-refractivity contribution in [2.45, 2.75) is 38.5 Å². The number of hydrogen-bond acceptors (Lipinski definition) is 3. The van der Waals surface area contributed by atoms with Crippen molar-refractivity contribution in [3.05, 3.63) is 59.2 Å². The van der Waals surface area contributed by atoms with Gasteiger partial charge < -0.3 is 4.90 Å². The number of aryl methyl sites for hydroxylation is 2. The first-order valence-corrected chi connectivity index (χ1v) is 10.2. The van der Waals surface area contributed by atoms with Crippen molar-refractivity contribution >= 4 is 21.6 Å². The second-order valence-electron chi connectivity index (χ2n) is 6.51. The van der Waals surface area contributed by atoms with E-state index in [1.54, 1.807) is 36.2 Å². The third-order valence-corrected chi connectivity index (χ3v) is 5.72. The number of rotatable bonds is 7. The first-order chi connectivity index (χ1) is 12.2. The lowest BCUT2D eigenvalue weighted by Gasteiger charge is -2.17. The zero-order chi connectivity index (χ0) is 19.3. The SMILES string of the molecule is CCCCN(C)C(=O)c1cccc(S(=O)(=O)Nc2ccc(C)c(C)c2)c1. The molecule has 26 heavy (non-hydrogen) atoms. The van der Waals surface area contributed by atoms with Gasteiger partial charge in [0.25, 0.3) is 15.9 Å². The number of benzene rings is 2. The molecule has 140 valence electrons. The minimum Gasteiger partial charge on any atom is -0.342 e. The molecule has 5 nitrogen and oxygen atoms in total. The van der Waals surface area contributed by atoms with Gasteiger partial charge in [0.15, 0.2) is 0 Å². The molecule has 0 atom stereocenters. The second kappa shape index (κ2) is 8.36. The fourth-order valence-corrected chi connectivity index (χ4v) is 3.63. The summed E-state index contributed by atoms with van der Waals surface area (Å²) in [6.07, 6.45) is 1.90. The van der Waals surface area contributed by atoms with Crippen LogP contribution >= 0.6 is 0 Å². The Balaban J connectivity index is 2.24. The molecule has 0 spiro atoms. The highest BCUT2D eigenvalue weighted by Gasteiger charge is 2.18. The number of anilines is 1. The maximum absolute atomic E-state index is 12.7. The molecule has 1 N–H and O–H groups in total. The fraction of sp³-hybridized carbons (Fsp3) is 0.350. The normalized spacial score (nSPS) is 11.2. The lowest BCUT2D eigenvalue weighted by Crippen LogP contribution is -2.28. The Bertz CT molecular complexity index is 892. The molecule has 0 heterocycles. The third kappa shape index (κ3) is 4.85. The summed E-state index contributed by atoms with van der Waals surface area (Å²) in [6.45, 7) is 6.60. The van der Waals surface area contributed by atoms with Gasteiger partial charge in [-0.15, -0.1) is 0 Å². The predicted octanol–water partition coefficient (Wildman–Crippen LogP) is 3.98. The summed E-state index contributed by atoms with van der Waals surface area (Å²) in [5.41, 5.74) is 2.97. The number of nitrogens with one attached hydrogen (secondary N) is 1. The van der Waals surface area contributed by atoms with Crippen molar-refractivity contribution in [3.8, 4) is 0 Å². The average Bonchev–Trinajstić information content (AvgIpc) is 2.62. The van der Waals surface area contributed by atoms with E-state index in [0.717, 1.165) is 24.0 Å². The lowest BCUT2D eigenvalue weighted by molar-refractivity contribution is 0.0793. The van der Waals surface area contributed by atoms with Gasteiger partial charge in [-0.1, -0.05) is 25.5 Å². The van der Waals surface area contributed by atoms with Crippen LogP contribution in [0.5, 0.6) is 0 Å². The van der Waals surface area contributed by atoms with Gasteiger partial charge in [-0.3, -0.25) is 9.52 Å². The molecule has 0 saturated carbocycles. The molecular weight excluding hydrogens is 348 g/mol. The van der Waals surface area contributed by atoms with E-state index in [2.05, 4.69) is 11.6 Å². The van der Waals surface area contributed by atoms with Gasteiger partial charge in [-0.25, -0.2) is 8.42 Å². The molecule has 0 unspecified atom stereocenters. The van der Waals surface area contributed by atoms with Crippen molar-refractivity contribution in [2.75, 3.05) is 18.3 Å². The Labute approximate surface area is 156 Å². The summed E-state index contributed by atoms with van der Waals surface area (Å²) < 4.78 is 27.9. The number of nitrogens with zero attached hydrogens (tertiary/aromatic N) is 1. The van der Waals surface area contributed by atoms with Gasteiger partial charge in [0, 0.05) is 24.8 Å². The monoisotopic (exact) mass is 374 g/mol. The standard InChI is InChI=1S/C20H26N2O3S/c1-5-6-12-22(4)20(23)17-8-7-9-19(14-17)26(24,25)21-18-11-10-15(2)16(3)13-18/h7-11,13-14,21H,5-6,12H2,1-4H3. The van der Waals surface area contributed by atoms with Crippen LogP contribution in [0.1, 0.15) is 41.3 Å². The Morgan fingerprint density at radius 1 is 1.08 bits per heavy atom. The molecular formula is C20H26N2O3S. The summed E-state index contributed by atoms with van der Waals surface area (Å²) in [5.74, 6) is -0.179. The Morgan fingerprint density at radius 2 is 1.81 bits per heavy atom. The van der Waals surface area contributed by atoms with Crippen LogP contribution in [0, 0.1) is 13.8 Å². The van der Waals surface area contributed by atoms with Gasteiger partial charge in [0.2, 0.25) is 0 Å². The minimum absolute atomic E-state index is 0.0745. The van der Waals surface area contributed by atoms with Crippen LogP contribution in [0.15, 0.2) is 47.4 Å². The van der Waals surface area contributed by atoms with Crippen molar-refractivity contribution in [2.24, 2.45) is 0 Å². The van der Waals surface area contributed by atoms with Gasteiger partial charge in [-0.05, 0) is 61.7 Å². The van der Waals surface area contributed by atoms with Crippen LogP contribution in [-0.4, -0.2) is 32.8 Å². The third-order valence-electron chi connectivity index (χ3n) is 4.34. The van der Waals surface area contributed by atoms with E-state index in [1.165, 1.54) is 12.1 Å². The van der Waals surface area contributed by atoms with Crippen LogP contribution in [0.4, 0.5) is 5.69 Å². The van der Waals surface area contributed by atoms with Crippen LogP contribution in [0.3, 0.4) is 0 Å². The highest BCUT2D eigenvalue weighted by molar-refractivity contribution is 7.92. The first-order valence-electron chi connectivity index (χ1n) is 8.70. The van der Waals surface area contributed by atoms with Crippen LogP contribution in [0.2, 0.25) is 0 Å². The number of amides is 1. The maximum Gasteiger partial charge on any atom is 0.261 e. The molecule has 6 heteroatoms. The van der Waals surface area contributed by atoms with E-state index in [-0.39, 0.29) is 10.8 Å². The number of sulfonamides is 1. The highest BCUT2D eigenvalue weighted by atomic mass is 32.2. The van der Waals surface area contributed by atoms with Crippen LogP contribution in [-0.2, 0) is 10.0 Å². The average molecular weight is 375 g/mol. The van der Waals surface area contributed by atoms with Crippen molar-refractivity contribution < 1.29 is 13.2 Å². The topological polar surface area (TPSA) is 66.5 Å². The smallest absolute Gasteiger partial charge is 0.261 e. The van der Waals surface area contributed by atoms with E-state index >= 15 is 0 Å². The van der Waals surface area contributed by atoms with E-state index in [9.17, 15) is 13.2 Å². The zero-order valence-electron chi connectivity index (χ0n) is 15.7. The molecule has 2 aromatic carbocycles. The molecule has 0 bridgehead atoms. The zero-order valence-corrected chi connectivity index (χ0v) is 16.6. The molecule has 0 aromatic heterocycles. The van der Waals surface area contributed by atoms with E-state index in [1.807, 2.05) is 19.9 Å². The van der Waals surface area contributed by atoms with Crippen LogP contribution in [0.25, 0.3) is 0 Å². The first kappa shape index (κ1) is 20.0. The van der Waals surface area contributed by atoms with Crippen molar-refractivity contribution in [3.63, 3.8) is 0 Å². The molecule has 0 saturated heterocycles. The molecule has 2 aromatic rings. The highest BCUT2D eigenvalue weighted by Crippen LogP contribution is 2.20. The predicted molar refractivity (Wildman–Crippen MR) is 105 cm³/mol. The Kier molecular flexibility index (Phi) is 6.42. The molecule has 0 aliphatic heterocycles.